The molecule has 1 N–H and O–H groups in total. The summed E-state index contributed by atoms with van der Waals surface area (Å²) in [4.78, 5) is 2.65. The maximum Gasteiger partial charge on any atom is 0.0195 e. The zero-order valence-electron chi connectivity index (χ0n) is 12.5. The first-order valence-corrected chi connectivity index (χ1v) is 8.23. The van der Waals surface area contributed by atoms with Crippen molar-refractivity contribution in [3.05, 3.63) is 0 Å². The predicted molar refractivity (Wildman–Crippen MR) is 78.9 cm³/mol. The van der Waals surface area contributed by atoms with Crippen LogP contribution in [-0.4, -0.2) is 37.1 Å². The van der Waals surface area contributed by atoms with E-state index in [9.17, 15) is 0 Å². The van der Waals surface area contributed by atoms with Crippen molar-refractivity contribution in [2.45, 2.75) is 76.8 Å². The molecule has 0 bridgehead atoms. The van der Waals surface area contributed by atoms with Crippen LogP contribution in [0.25, 0.3) is 0 Å². The number of nitrogens with zero attached hydrogens (tertiary/aromatic N) is 1. The van der Waals surface area contributed by atoms with Gasteiger partial charge in [0, 0.05) is 18.6 Å². The minimum Gasteiger partial charge on any atom is -0.313 e. The van der Waals surface area contributed by atoms with Gasteiger partial charge in [0.05, 0.1) is 0 Å². The molecule has 0 aromatic heterocycles. The van der Waals surface area contributed by atoms with Crippen LogP contribution in [0.2, 0.25) is 0 Å². The van der Waals surface area contributed by atoms with E-state index >= 15 is 0 Å². The lowest BCUT2D eigenvalue weighted by molar-refractivity contribution is 0.186. The van der Waals surface area contributed by atoms with Gasteiger partial charge in [-0.3, -0.25) is 0 Å². The number of hydrogen-bond acceptors (Lipinski definition) is 2. The molecule has 1 heterocycles. The lowest BCUT2D eigenvalue weighted by Crippen LogP contribution is -2.45. The van der Waals surface area contributed by atoms with Gasteiger partial charge in [0.15, 0.2) is 0 Å². The molecular weight excluding hydrogens is 220 g/mol. The first kappa shape index (κ1) is 14.3. The molecule has 2 nitrogen and oxygen atoms in total. The molecule has 3 atom stereocenters. The van der Waals surface area contributed by atoms with Gasteiger partial charge in [-0.05, 0) is 51.6 Å². The van der Waals surface area contributed by atoms with E-state index in [-0.39, 0.29) is 0 Å². The Morgan fingerprint density at radius 2 is 1.89 bits per heavy atom. The number of nitrogens with one attached hydrogen (secondary N) is 1. The maximum absolute atomic E-state index is 3.68. The molecule has 106 valence electrons. The molecule has 18 heavy (non-hydrogen) atoms. The Labute approximate surface area is 114 Å². The molecule has 1 aliphatic carbocycles. The van der Waals surface area contributed by atoms with Crippen molar-refractivity contribution in [2.75, 3.05) is 20.1 Å². The molecule has 1 aliphatic heterocycles. The highest BCUT2D eigenvalue weighted by Crippen LogP contribution is 2.27. The van der Waals surface area contributed by atoms with Gasteiger partial charge in [-0.2, -0.15) is 0 Å². The van der Waals surface area contributed by atoms with E-state index in [1.54, 1.807) is 0 Å². The monoisotopic (exact) mass is 252 g/mol. The average Bonchev–Trinajstić information content (AvgIpc) is 2.65. The van der Waals surface area contributed by atoms with Gasteiger partial charge in [0.25, 0.3) is 0 Å². The molecule has 0 amide bonds. The van der Waals surface area contributed by atoms with E-state index in [0.29, 0.717) is 0 Å². The Balaban J connectivity index is 1.75. The summed E-state index contributed by atoms with van der Waals surface area (Å²) in [6, 6.07) is 1.61. The van der Waals surface area contributed by atoms with Gasteiger partial charge in [-0.25, -0.2) is 0 Å². The van der Waals surface area contributed by atoms with E-state index in [2.05, 4.69) is 24.2 Å². The van der Waals surface area contributed by atoms with Gasteiger partial charge in [-0.1, -0.05) is 32.6 Å². The van der Waals surface area contributed by atoms with E-state index in [4.69, 9.17) is 0 Å². The number of piperidine rings is 1. The molecule has 3 unspecified atom stereocenters. The van der Waals surface area contributed by atoms with Crippen molar-refractivity contribution < 1.29 is 0 Å². The van der Waals surface area contributed by atoms with Crippen LogP contribution in [0.4, 0.5) is 0 Å². The third kappa shape index (κ3) is 4.24. The number of hydrogen-bond donors (Lipinski definition) is 1. The zero-order valence-corrected chi connectivity index (χ0v) is 12.5. The third-order valence-electron chi connectivity index (χ3n) is 5.18. The van der Waals surface area contributed by atoms with Crippen LogP contribution >= 0.6 is 0 Å². The quantitative estimate of drug-likeness (QED) is 0.771. The lowest BCUT2D eigenvalue weighted by atomic mass is 9.97. The first-order chi connectivity index (χ1) is 8.79. The Morgan fingerprint density at radius 1 is 1.00 bits per heavy atom. The van der Waals surface area contributed by atoms with Crippen molar-refractivity contribution in [2.24, 2.45) is 5.92 Å². The summed E-state index contributed by atoms with van der Waals surface area (Å²) in [5, 5.41) is 3.68. The second-order valence-electron chi connectivity index (χ2n) is 6.52. The molecule has 0 aromatic rings. The fourth-order valence-electron chi connectivity index (χ4n) is 3.78. The SMILES string of the molecule is CCC1CCCC(N(C)CC2CCCCN2)CC1. The summed E-state index contributed by atoms with van der Waals surface area (Å²) in [7, 11) is 2.35. The first-order valence-electron chi connectivity index (χ1n) is 8.23. The highest BCUT2D eigenvalue weighted by atomic mass is 15.2. The summed E-state index contributed by atoms with van der Waals surface area (Å²) in [6.07, 6.45) is 12.8. The highest BCUT2D eigenvalue weighted by molar-refractivity contribution is 4.80. The molecular formula is C16H32N2. The normalized spacial score (nSPS) is 34.5. The molecule has 1 saturated heterocycles. The molecule has 0 aromatic carbocycles. The minimum atomic E-state index is 0.758. The van der Waals surface area contributed by atoms with Crippen LogP contribution in [0.1, 0.15) is 64.7 Å². The summed E-state index contributed by atoms with van der Waals surface area (Å²) in [5.41, 5.74) is 0. The molecule has 0 spiro atoms. The van der Waals surface area contributed by atoms with Gasteiger partial charge >= 0.3 is 0 Å². The van der Waals surface area contributed by atoms with Crippen molar-refractivity contribution in [3.8, 4) is 0 Å². The third-order valence-corrected chi connectivity index (χ3v) is 5.18. The van der Waals surface area contributed by atoms with Gasteiger partial charge in [-0.15, -0.1) is 0 Å². The van der Waals surface area contributed by atoms with E-state index in [1.807, 2.05) is 0 Å². The topological polar surface area (TPSA) is 15.3 Å². The highest BCUT2D eigenvalue weighted by Gasteiger charge is 2.23. The second kappa shape index (κ2) is 7.49. The smallest absolute Gasteiger partial charge is 0.0195 e. The Bertz CT molecular complexity index is 223. The summed E-state index contributed by atoms with van der Waals surface area (Å²) in [6.45, 7) is 4.86. The molecule has 2 rings (SSSR count). The van der Waals surface area contributed by atoms with Gasteiger partial charge in [0.1, 0.15) is 0 Å². The van der Waals surface area contributed by atoms with Crippen LogP contribution in [0.5, 0.6) is 0 Å². The standard InChI is InChI=1S/C16H32N2/c1-3-14-7-6-9-16(11-10-14)18(2)13-15-8-4-5-12-17-15/h14-17H,3-13H2,1-2H3. The van der Waals surface area contributed by atoms with Gasteiger partial charge in [0.2, 0.25) is 0 Å². The van der Waals surface area contributed by atoms with Crippen LogP contribution in [0.15, 0.2) is 0 Å². The summed E-state index contributed by atoms with van der Waals surface area (Å²) in [5.74, 6) is 1.01. The molecule has 2 aliphatic rings. The van der Waals surface area contributed by atoms with Crippen LogP contribution in [-0.2, 0) is 0 Å². The Kier molecular flexibility index (Phi) is 5.97. The van der Waals surface area contributed by atoms with Crippen LogP contribution < -0.4 is 5.32 Å². The summed E-state index contributed by atoms with van der Waals surface area (Å²) < 4.78 is 0. The fourth-order valence-corrected chi connectivity index (χ4v) is 3.78. The van der Waals surface area contributed by atoms with Crippen molar-refractivity contribution in [3.63, 3.8) is 0 Å². The predicted octanol–water partition coefficient (Wildman–Crippen LogP) is 3.42. The van der Waals surface area contributed by atoms with Crippen molar-refractivity contribution in [1.29, 1.82) is 0 Å². The van der Waals surface area contributed by atoms with E-state index in [1.165, 1.54) is 70.9 Å². The second-order valence-corrected chi connectivity index (χ2v) is 6.52. The Morgan fingerprint density at radius 3 is 2.61 bits per heavy atom. The average molecular weight is 252 g/mol. The molecule has 2 fully saturated rings. The lowest BCUT2D eigenvalue weighted by Gasteiger charge is -2.33. The van der Waals surface area contributed by atoms with E-state index < -0.39 is 0 Å². The number of rotatable bonds is 4. The Hall–Kier alpha value is -0.0800. The molecule has 1 saturated carbocycles. The summed E-state index contributed by atoms with van der Waals surface area (Å²) >= 11 is 0. The zero-order chi connectivity index (χ0) is 12.8. The van der Waals surface area contributed by atoms with Crippen molar-refractivity contribution >= 4 is 0 Å². The largest absolute Gasteiger partial charge is 0.313 e. The molecule has 0 radical (unpaired) electrons. The van der Waals surface area contributed by atoms with Crippen molar-refractivity contribution in [1.82, 2.24) is 10.2 Å². The molecule has 2 heteroatoms. The minimum absolute atomic E-state index is 0.758. The van der Waals surface area contributed by atoms with E-state index in [0.717, 1.165) is 18.0 Å². The van der Waals surface area contributed by atoms with Gasteiger partial charge < -0.3 is 10.2 Å². The van der Waals surface area contributed by atoms with Crippen LogP contribution in [0.3, 0.4) is 0 Å². The van der Waals surface area contributed by atoms with Crippen LogP contribution in [0, 0.1) is 5.92 Å². The number of likely N-dealkylation sites (N-methyl/N-ethyl adjacent to an activating group) is 1. The maximum atomic E-state index is 3.68. The fraction of sp³-hybridized carbons (Fsp3) is 1.00.